The number of rotatable bonds is 7. The van der Waals surface area contributed by atoms with Crippen LogP contribution in [0.2, 0.25) is 0 Å². The van der Waals surface area contributed by atoms with Crippen molar-refractivity contribution in [3.63, 3.8) is 0 Å². The average molecular weight is 234 g/mol. The molecule has 0 N–H and O–H groups in total. The van der Waals surface area contributed by atoms with E-state index in [0.29, 0.717) is 18.9 Å². The third-order valence-corrected chi connectivity index (χ3v) is 3.05. The summed E-state index contributed by atoms with van der Waals surface area (Å²) in [5, 5.41) is 0. The molecule has 0 aromatic heterocycles. The van der Waals surface area contributed by atoms with Gasteiger partial charge in [0.15, 0.2) is 5.78 Å². The molecule has 94 valence electrons. The molecule has 2 nitrogen and oxygen atoms in total. The zero-order valence-corrected chi connectivity index (χ0v) is 11.0. The van der Waals surface area contributed by atoms with Crippen LogP contribution in [0.5, 0.6) is 5.75 Å². The van der Waals surface area contributed by atoms with Crippen LogP contribution in [-0.2, 0) is 0 Å². The molecule has 0 radical (unpaired) electrons. The molecular weight excluding hydrogens is 212 g/mol. The maximum absolute atomic E-state index is 11.9. The van der Waals surface area contributed by atoms with Crippen molar-refractivity contribution < 1.29 is 9.53 Å². The number of Topliss-reactive ketones (excluding diaryl/α,β-unsaturated/α-hetero) is 1. The van der Waals surface area contributed by atoms with Crippen molar-refractivity contribution in [3.8, 4) is 5.75 Å². The molecule has 1 aromatic carbocycles. The van der Waals surface area contributed by atoms with Crippen molar-refractivity contribution in [2.75, 3.05) is 6.61 Å². The van der Waals surface area contributed by atoms with Crippen molar-refractivity contribution in [2.24, 2.45) is 5.92 Å². The topological polar surface area (TPSA) is 26.3 Å². The normalized spacial score (nSPS) is 12.2. The molecule has 1 aromatic rings. The lowest BCUT2D eigenvalue weighted by molar-refractivity contribution is 0.0974. The maximum Gasteiger partial charge on any atom is 0.162 e. The summed E-state index contributed by atoms with van der Waals surface area (Å²) in [5.74, 6) is 1.68. The monoisotopic (exact) mass is 234 g/mol. The standard InChI is InChI=1S/C15H22O2/c1-4-12(3)6-11-15(16)13-7-9-14(10-8-13)17-5-2/h7-10,12H,4-6,11H2,1-3H3/t12-/m1/s1. The highest BCUT2D eigenvalue weighted by Gasteiger charge is 2.08. The Kier molecular flexibility index (Phi) is 5.75. The largest absolute Gasteiger partial charge is 0.494 e. The van der Waals surface area contributed by atoms with Crippen LogP contribution in [0.25, 0.3) is 0 Å². The summed E-state index contributed by atoms with van der Waals surface area (Å²) in [6.07, 6.45) is 2.75. The Morgan fingerprint density at radius 1 is 1.24 bits per heavy atom. The average Bonchev–Trinajstić information content (AvgIpc) is 2.36. The van der Waals surface area contributed by atoms with Gasteiger partial charge in [0.05, 0.1) is 6.61 Å². The van der Waals surface area contributed by atoms with E-state index in [-0.39, 0.29) is 5.78 Å². The summed E-state index contributed by atoms with van der Waals surface area (Å²) in [4.78, 5) is 11.9. The Labute approximate surface area is 104 Å². The van der Waals surface area contributed by atoms with Crippen molar-refractivity contribution >= 4 is 5.78 Å². The second kappa shape index (κ2) is 7.10. The minimum absolute atomic E-state index is 0.230. The van der Waals surface area contributed by atoms with Gasteiger partial charge in [0, 0.05) is 12.0 Å². The fourth-order valence-corrected chi connectivity index (χ4v) is 1.63. The van der Waals surface area contributed by atoms with Crippen molar-refractivity contribution in [1.82, 2.24) is 0 Å². The molecule has 0 unspecified atom stereocenters. The minimum Gasteiger partial charge on any atom is -0.494 e. The molecule has 2 heteroatoms. The van der Waals surface area contributed by atoms with Crippen LogP contribution in [0, 0.1) is 5.92 Å². The SMILES string of the molecule is CCOc1ccc(C(=O)CC[C@H](C)CC)cc1. The van der Waals surface area contributed by atoms with Gasteiger partial charge >= 0.3 is 0 Å². The van der Waals surface area contributed by atoms with Crippen molar-refractivity contribution in [2.45, 2.75) is 40.0 Å². The van der Waals surface area contributed by atoms with Crippen LogP contribution in [0.3, 0.4) is 0 Å². The summed E-state index contributed by atoms with van der Waals surface area (Å²) < 4.78 is 5.34. The summed E-state index contributed by atoms with van der Waals surface area (Å²) in [7, 11) is 0. The van der Waals surface area contributed by atoms with Gasteiger partial charge < -0.3 is 4.74 Å². The number of carbonyl (C=O) groups excluding carboxylic acids is 1. The van der Waals surface area contributed by atoms with Gasteiger partial charge in [0.25, 0.3) is 0 Å². The van der Waals surface area contributed by atoms with Gasteiger partial charge in [-0.25, -0.2) is 0 Å². The Balaban J connectivity index is 2.51. The predicted molar refractivity (Wildman–Crippen MR) is 70.6 cm³/mol. The number of benzene rings is 1. The fourth-order valence-electron chi connectivity index (χ4n) is 1.63. The molecular formula is C15H22O2. The first kappa shape index (κ1) is 13.8. The van der Waals surface area contributed by atoms with Gasteiger partial charge in [-0.1, -0.05) is 20.3 Å². The quantitative estimate of drug-likeness (QED) is 0.664. The zero-order chi connectivity index (χ0) is 12.7. The first-order valence-electron chi connectivity index (χ1n) is 6.43. The van der Waals surface area contributed by atoms with Crippen LogP contribution < -0.4 is 4.74 Å². The zero-order valence-electron chi connectivity index (χ0n) is 11.0. The third kappa shape index (κ3) is 4.59. The smallest absolute Gasteiger partial charge is 0.162 e. The van der Waals surface area contributed by atoms with Gasteiger partial charge in [-0.15, -0.1) is 0 Å². The van der Waals surface area contributed by atoms with Crippen LogP contribution in [0.1, 0.15) is 50.4 Å². The summed E-state index contributed by atoms with van der Waals surface area (Å²) >= 11 is 0. The fraction of sp³-hybridized carbons (Fsp3) is 0.533. The first-order valence-corrected chi connectivity index (χ1v) is 6.43. The van der Waals surface area contributed by atoms with Gasteiger partial charge in [0.1, 0.15) is 5.75 Å². The van der Waals surface area contributed by atoms with Gasteiger partial charge in [0.2, 0.25) is 0 Å². The molecule has 0 aliphatic heterocycles. The number of ether oxygens (including phenoxy) is 1. The highest BCUT2D eigenvalue weighted by atomic mass is 16.5. The Hall–Kier alpha value is -1.31. The van der Waals surface area contributed by atoms with E-state index in [4.69, 9.17) is 4.74 Å². The molecule has 0 aliphatic carbocycles. The Morgan fingerprint density at radius 2 is 1.88 bits per heavy atom. The lowest BCUT2D eigenvalue weighted by atomic mass is 9.98. The minimum atomic E-state index is 0.230. The van der Waals surface area contributed by atoms with Crippen LogP contribution in [0.15, 0.2) is 24.3 Å². The van der Waals surface area contributed by atoms with E-state index >= 15 is 0 Å². The lowest BCUT2D eigenvalue weighted by Crippen LogP contribution is -2.02. The third-order valence-electron chi connectivity index (χ3n) is 3.05. The van der Waals surface area contributed by atoms with Crippen molar-refractivity contribution in [3.05, 3.63) is 29.8 Å². The number of ketones is 1. The van der Waals surface area contributed by atoms with E-state index in [1.54, 1.807) is 0 Å². The lowest BCUT2D eigenvalue weighted by Gasteiger charge is -2.08. The molecule has 0 aliphatic rings. The number of hydrogen-bond donors (Lipinski definition) is 0. The Bertz CT molecular complexity index is 340. The summed E-state index contributed by atoms with van der Waals surface area (Å²) in [6, 6.07) is 7.42. The molecule has 17 heavy (non-hydrogen) atoms. The molecule has 0 spiro atoms. The highest BCUT2D eigenvalue weighted by Crippen LogP contribution is 2.16. The molecule has 0 fully saturated rings. The number of hydrogen-bond acceptors (Lipinski definition) is 2. The second-order valence-corrected chi connectivity index (χ2v) is 4.43. The molecule has 1 atom stereocenters. The van der Waals surface area contributed by atoms with E-state index in [1.165, 1.54) is 0 Å². The molecule has 0 bridgehead atoms. The van der Waals surface area contributed by atoms with E-state index in [9.17, 15) is 4.79 Å². The van der Waals surface area contributed by atoms with Gasteiger partial charge in [-0.2, -0.15) is 0 Å². The van der Waals surface area contributed by atoms with Crippen LogP contribution in [0.4, 0.5) is 0 Å². The molecule has 0 amide bonds. The maximum atomic E-state index is 11.9. The molecule has 0 saturated carbocycles. The molecule has 0 heterocycles. The van der Waals surface area contributed by atoms with E-state index < -0.39 is 0 Å². The number of carbonyl (C=O) groups is 1. The van der Waals surface area contributed by atoms with Gasteiger partial charge in [-0.05, 0) is 43.5 Å². The van der Waals surface area contributed by atoms with E-state index in [0.717, 1.165) is 24.2 Å². The van der Waals surface area contributed by atoms with E-state index in [2.05, 4.69) is 13.8 Å². The van der Waals surface area contributed by atoms with Crippen molar-refractivity contribution in [1.29, 1.82) is 0 Å². The summed E-state index contributed by atoms with van der Waals surface area (Å²) in [5.41, 5.74) is 0.789. The van der Waals surface area contributed by atoms with E-state index in [1.807, 2.05) is 31.2 Å². The second-order valence-electron chi connectivity index (χ2n) is 4.43. The predicted octanol–water partition coefficient (Wildman–Crippen LogP) is 4.09. The first-order chi connectivity index (χ1) is 8.17. The molecule has 1 rings (SSSR count). The van der Waals surface area contributed by atoms with Crippen LogP contribution in [-0.4, -0.2) is 12.4 Å². The highest BCUT2D eigenvalue weighted by molar-refractivity contribution is 5.96. The summed E-state index contributed by atoms with van der Waals surface area (Å²) in [6.45, 7) is 6.95. The Morgan fingerprint density at radius 3 is 2.41 bits per heavy atom. The van der Waals surface area contributed by atoms with Crippen LogP contribution >= 0.6 is 0 Å². The van der Waals surface area contributed by atoms with Gasteiger partial charge in [-0.3, -0.25) is 4.79 Å². The molecule has 0 saturated heterocycles.